The summed E-state index contributed by atoms with van der Waals surface area (Å²) in [5.74, 6) is -1.62. The van der Waals surface area contributed by atoms with Gasteiger partial charge >= 0.3 is 5.97 Å². The Morgan fingerprint density at radius 3 is 2.53 bits per heavy atom. The number of nitrogens with one attached hydrogen (secondary N) is 4. The Bertz CT molecular complexity index is 1080. The lowest BCUT2D eigenvalue weighted by atomic mass is 10.0. The van der Waals surface area contributed by atoms with Crippen LogP contribution < -0.4 is 31.2 Å². The molecule has 1 unspecified atom stereocenters. The first-order chi connectivity index (χ1) is 15.3. The van der Waals surface area contributed by atoms with Crippen LogP contribution in [0.5, 0.6) is 11.5 Å². The third-order valence-electron chi connectivity index (χ3n) is 4.34. The van der Waals surface area contributed by atoms with E-state index in [4.69, 9.17) is 20.6 Å². The van der Waals surface area contributed by atoms with E-state index in [9.17, 15) is 19.5 Å². The summed E-state index contributed by atoms with van der Waals surface area (Å²) in [5.41, 5.74) is 6.49. The van der Waals surface area contributed by atoms with Crippen molar-refractivity contribution in [3.8, 4) is 11.5 Å². The Labute approximate surface area is 182 Å². The first kappa shape index (κ1) is 22.2. The minimum atomic E-state index is -1.11. The molecule has 7 N–H and O–H groups in total. The molecule has 0 fully saturated rings. The Kier molecular flexibility index (Phi) is 6.91. The van der Waals surface area contributed by atoms with E-state index in [0.29, 0.717) is 22.7 Å². The molecule has 0 radical (unpaired) electrons. The zero-order valence-electron chi connectivity index (χ0n) is 16.8. The smallest absolute Gasteiger partial charge is 0.305 e. The van der Waals surface area contributed by atoms with Crippen molar-refractivity contribution >= 4 is 29.4 Å². The van der Waals surface area contributed by atoms with Gasteiger partial charge in [0.2, 0.25) is 5.91 Å². The Morgan fingerprint density at radius 1 is 1.06 bits per heavy atom. The van der Waals surface area contributed by atoms with Gasteiger partial charge in [-0.05, 0) is 35.9 Å². The molecule has 0 saturated heterocycles. The zero-order valence-corrected chi connectivity index (χ0v) is 16.8. The molecule has 1 aliphatic heterocycles. The molecule has 0 aromatic heterocycles. The molecule has 1 heterocycles. The van der Waals surface area contributed by atoms with E-state index in [2.05, 4.69) is 16.0 Å². The molecule has 3 rings (SSSR count). The van der Waals surface area contributed by atoms with Crippen molar-refractivity contribution < 1.29 is 29.0 Å². The summed E-state index contributed by atoms with van der Waals surface area (Å²) in [7, 11) is 0. The molecule has 0 bridgehead atoms. The van der Waals surface area contributed by atoms with Crippen LogP contribution in [0.25, 0.3) is 0 Å². The lowest BCUT2D eigenvalue weighted by Crippen LogP contribution is -2.39. The van der Waals surface area contributed by atoms with Crippen molar-refractivity contribution in [3.05, 3.63) is 66.1 Å². The third kappa shape index (κ3) is 5.98. The van der Waals surface area contributed by atoms with E-state index >= 15 is 0 Å². The quantitative estimate of drug-likeness (QED) is 0.263. The predicted octanol–water partition coefficient (Wildman–Crippen LogP) is 1.30. The highest BCUT2D eigenvalue weighted by molar-refractivity contribution is 5.98. The van der Waals surface area contributed by atoms with E-state index in [-0.39, 0.29) is 24.5 Å². The molecule has 0 aliphatic carbocycles. The average Bonchev–Trinajstić information content (AvgIpc) is 2.76. The number of rotatable bonds is 8. The van der Waals surface area contributed by atoms with E-state index < -0.39 is 23.8 Å². The van der Waals surface area contributed by atoms with Crippen LogP contribution >= 0.6 is 0 Å². The Morgan fingerprint density at radius 2 is 1.81 bits per heavy atom. The normalized spacial score (nSPS) is 12.4. The fraction of sp³-hybridized carbons (Fsp3) is 0.143. The highest BCUT2D eigenvalue weighted by atomic mass is 16.5. The summed E-state index contributed by atoms with van der Waals surface area (Å²) in [4.78, 5) is 36.0. The second-order valence-corrected chi connectivity index (χ2v) is 6.73. The molecule has 32 heavy (non-hydrogen) atoms. The van der Waals surface area contributed by atoms with Crippen molar-refractivity contribution in [2.75, 3.05) is 11.9 Å². The zero-order chi connectivity index (χ0) is 23.1. The fourth-order valence-corrected chi connectivity index (χ4v) is 2.96. The molecule has 1 aliphatic rings. The van der Waals surface area contributed by atoms with Gasteiger partial charge in [0, 0.05) is 11.3 Å². The molecular weight excluding hydrogens is 418 g/mol. The number of hydrogen-bond donors (Lipinski definition) is 6. The number of fused-ring (bicyclic) bond motifs is 1. The highest BCUT2D eigenvalue weighted by Gasteiger charge is 2.21. The summed E-state index contributed by atoms with van der Waals surface area (Å²) < 4.78 is 10.6. The van der Waals surface area contributed by atoms with Crippen LogP contribution in [0.3, 0.4) is 0 Å². The molecule has 1 atom stereocenters. The van der Waals surface area contributed by atoms with Crippen LogP contribution in [0.15, 0.2) is 55.0 Å². The molecule has 11 heteroatoms. The second-order valence-electron chi connectivity index (χ2n) is 6.73. The van der Waals surface area contributed by atoms with Gasteiger partial charge in [0.1, 0.15) is 12.5 Å². The van der Waals surface area contributed by atoms with Gasteiger partial charge in [-0.3, -0.25) is 19.8 Å². The van der Waals surface area contributed by atoms with Gasteiger partial charge < -0.3 is 36.3 Å². The van der Waals surface area contributed by atoms with E-state index in [1.807, 2.05) is 0 Å². The number of benzene rings is 2. The number of ether oxygens (including phenoxy) is 2. The molecule has 2 aromatic rings. The van der Waals surface area contributed by atoms with Gasteiger partial charge in [0.25, 0.3) is 5.91 Å². The average molecular weight is 439 g/mol. The number of hydrogen-bond acceptors (Lipinski definition) is 6. The number of amides is 2. The molecule has 2 amide bonds. The van der Waals surface area contributed by atoms with Crippen LogP contribution in [-0.4, -0.2) is 35.4 Å². The van der Waals surface area contributed by atoms with Gasteiger partial charge in [0.05, 0.1) is 19.0 Å². The van der Waals surface area contributed by atoms with Gasteiger partial charge in [-0.25, -0.2) is 0 Å². The van der Waals surface area contributed by atoms with Crippen LogP contribution in [-0.2, 0) is 9.59 Å². The molecule has 0 saturated carbocycles. The number of anilines is 1. The lowest BCUT2D eigenvalue weighted by Gasteiger charge is -2.20. The minimum Gasteiger partial charge on any atom is -0.481 e. The molecule has 11 nitrogen and oxygen atoms in total. The molecule has 0 spiro atoms. The van der Waals surface area contributed by atoms with Crippen LogP contribution in [0.2, 0.25) is 0 Å². The van der Waals surface area contributed by atoms with Crippen LogP contribution in [0.1, 0.15) is 28.4 Å². The first-order valence-electron chi connectivity index (χ1n) is 9.44. The summed E-state index contributed by atoms with van der Waals surface area (Å²) in [6.45, 7) is -0.368. The topological polar surface area (TPSA) is 176 Å². The number of carbonyl (C=O) groups is 3. The first-order valence-corrected chi connectivity index (χ1v) is 9.44. The monoisotopic (exact) mass is 439 g/mol. The second kappa shape index (κ2) is 9.98. The number of carboxylic acids is 1. The summed E-state index contributed by atoms with van der Waals surface area (Å²) in [5, 5.41) is 24.1. The molecule has 2 aromatic carbocycles. The Balaban J connectivity index is 1.63. The van der Waals surface area contributed by atoms with Crippen molar-refractivity contribution in [2.45, 2.75) is 12.5 Å². The third-order valence-corrected chi connectivity index (χ3v) is 4.34. The number of aliphatic carboxylic acids is 1. The lowest BCUT2D eigenvalue weighted by molar-refractivity contribution is -0.137. The van der Waals surface area contributed by atoms with Crippen LogP contribution in [0.4, 0.5) is 5.69 Å². The van der Waals surface area contributed by atoms with Gasteiger partial charge in [0.15, 0.2) is 17.5 Å². The largest absolute Gasteiger partial charge is 0.481 e. The summed E-state index contributed by atoms with van der Waals surface area (Å²) >= 11 is 0. The van der Waals surface area contributed by atoms with Crippen LogP contribution in [0, 0.1) is 5.41 Å². The van der Waals surface area contributed by atoms with E-state index in [0.717, 1.165) is 0 Å². The molecular formula is C21H21N5O6. The minimum absolute atomic E-state index is 0.256. The fourth-order valence-electron chi connectivity index (χ4n) is 2.96. The van der Waals surface area contributed by atoms with Crippen molar-refractivity contribution in [2.24, 2.45) is 5.73 Å². The summed E-state index contributed by atoms with van der Waals surface area (Å²) in [6.07, 6.45) is 2.34. The maximum Gasteiger partial charge on any atom is 0.305 e. The van der Waals surface area contributed by atoms with E-state index in [1.54, 1.807) is 30.3 Å². The van der Waals surface area contributed by atoms with Crippen molar-refractivity contribution in [1.29, 1.82) is 5.41 Å². The summed E-state index contributed by atoms with van der Waals surface area (Å²) in [6, 6.07) is 10.2. The van der Waals surface area contributed by atoms with Crippen molar-refractivity contribution in [1.82, 2.24) is 10.6 Å². The standard InChI is InChI=1S/C21H21N5O6/c22-21(23)25-14-3-1-2-13(8-14)20(30)24-11-18(27)26-15(10-19(28)29)12-4-5-16-17(9-12)32-7-6-31-16/h1-9,15H,10-11H2,(H,24,30)(H,26,27)(H,28,29)(H4,22,23,25). The maximum absolute atomic E-state index is 12.4. The number of nitrogens with two attached hydrogens (primary N) is 1. The number of guanidine groups is 1. The van der Waals surface area contributed by atoms with Gasteiger partial charge in [-0.2, -0.15) is 0 Å². The van der Waals surface area contributed by atoms with E-state index in [1.165, 1.54) is 24.7 Å². The SMILES string of the molecule is N=C(N)Nc1cccc(C(=O)NCC(=O)NC(CC(=O)O)c2ccc3c(c2)OC=CO3)c1. The molecule has 166 valence electrons. The number of carbonyl (C=O) groups excluding carboxylic acids is 2. The Hall–Kier alpha value is -4.54. The predicted molar refractivity (Wildman–Crippen MR) is 114 cm³/mol. The van der Waals surface area contributed by atoms with Gasteiger partial charge in [-0.1, -0.05) is 12.1 Å². The number of carboxylic acid groups (broad SMARTS) is 1. The highest BCUT2D eigenvalue weighted by Crippen LogP contribution is 2.33. The maximum atomic E-state index is 12.4. The van der Waals surface area contributed by atoms with Gasteiger partial charge in [-0.15, -0.1) is 0 Å². The van der Waals surface area contributed by atoms with Crippen molar-refractivity contribution in [3.63, 3.8) is 0 Å².